The van der Waals surface area contributed by atoms with Gasteiger partial charge >= 0.3 is 0 Å². The molecule has 0 aliphatic rings. The van der Waals surface area contributed by atoms with E-state index in [4.69, 9.17) is 17.3 Å². The molecule has 0 aromatic heterocycles. The number of halogens is 1. The van der Waals surface area contributed by atoms with Crippen LogP contribution in [0.25, 0.3) is 0 Å². The summed E-state index contributed by atoms with van der Waals surface area (Å²) in [5.74, 6) is 0.606. The number of rotatable bonds is 6. The van der Waals surface area contributed by atoms with Crippen molar-refractivity contribution in [2.75, 3.05) is 13.6 Å². The molecule has 3 unspecified atom stereocenters. The fraction of sp³-hybridized carbons (Fsp3) is 0.600. The molecule has 3 atom stereocenters. The van der Waals surface area contributed by atoms with Crippen LogP contribution in [0.4, 0.5) is 0 Å². The first kappa shape index (κ1) is 15.5. The van der Waals surface area contributed by atoms with Crippen molar-refractivity contribution in [3.05, 3.63) is 34.9 Å². The highest BCUT2D eigenvalue weighted by Crippen LogP contribution is 2.25. The lowest BCUT2D eigenvalue weighted by Crippen LogP contribution is -2.43. The third-order valence-corrected chi connectivity index (χ3v) is 4.28. The molecular formula is C15H25ClN2. The van der Waals surface area contributed by atoms with E-state index >= 15 is 0 Å². The molecule has 1 rings (SSSR count). The van der Waals surface area contributed by atoms with Crippen LogP contribution in [0.1, 0.15) is 38.8 Å². The minimum atomic E-state index is 0.352. The van der Waals surface area contributed by atoms with Crippen LogP contribution < -0.4 is 5.73 Å². The minimum Gasteiger partial charge on any atom is -0.329 e. The Labute approximate surface area is 116 Å². The largest absolute Gasteiger partial charge is 0.329 e. The van der Waals surface area contributed by atoms with E-state index in [1.165, 1.54) is 5.56 Å². The van der Waals surface area contributed by atoms with Crippen LogP contribution in [0.2, 0.25) is 5.02 Å². The molecule has 2 N–H and O–H groups in total. The number of nitrogens with two attached hydrogens (primary N) is 1. The normalized spacial score (nSPS) is 16.6. The summed E-state index contributed by atoms with van der Waals surface area (Å²) < 4.78 is 0. The molecule has 102 valence electrons. The Morgan fingerprint density at radius 3 is 2.22 bits per heavy atom. The topological polar surface area (TPSA) is 29.3 Å². The molecule has 1 aromatic rings. The van der Waals surface area contributed by atoms with Gasteiger partial charge in [-0.3, -0.25) is 4.90 Å². The maximum atomic E-state index is 5.93. The summed E-state index contributed by atoms with van der Waals surface area (Å²) in [6.07, 6.45) is 1.15. The van der Waals surface area contributed by atoms with E-state index < -0.39 is 0 Å². The van der Waals surface area contributed by atoms with Gasteiger partial charge in [-0.2, -0.15) is 0 Å². The van der Waals surface area contributed by atoms with Gasteiger partial charge in [0.15, 0.2) is 0 Å². The molecule has 0 bridgehead atoms. The number of benzene rings is 1. The molecule has 1 aromatic carbocycles. The highest BCUT2D eigenvalue weighted by molar-refractivity contribution is 6.30. The number of hydrogen-bond acceptors (Lipinski definition) is 2. The van der Waals surface area contributed by atoms with Crippen LogP contribution in [0.15, 0.2) is 24.3 Å². The Balaban J connectivity index is 2.81. The fourth-order valence-electron chi connectivity index (χ4n) is 2.34. The summed E-state index contributed by atoms with van der Waals surface area (Å²) in [6.45, 7) is 7.40. The van der Waals surface area contributed by atoms with Crippen LogP contribution in [0.3, 0.4) is 0 Å². The lowest BCUT2D eigenvalue weighted by atomic mass is 9.95. The number of nitrogens with zero attached hydrogens (tertiary/aromatic N) is 1. The smallest absolute Gasteiger partial charge is 0.0406 e. The molecule has 18 heavy (non-hydrogen) atoms. The summed E-state index contributed by atoms with van der Waals surface area (Å²) in [6, 6.07) is 8.84. The van der Waals surface area contributed by atoms with E-state index in [9.17, 15) is 0 Å². The number of hydrogen-bond donors (Lipinski definition) is 1. The van der Waals surface area contributed by atoms with E-state index in [1.807, 2.05) is 12.1 Å². The van der Waals surface area contributed by atoms with Gasteiger partial charge in [0.2, 0.25) is 0 Å². The first-order valence-corrected chi connectivity index (χ1v) is 7.06. The van der Waals surface area contributed by atoms with Crippen molar-refractivity contribution in [1.29, 1.82) is 0 Å². The van der Waals surface area contributed by atoms with Crippen molar-refractivity contribution in [2.24, 2.45) is 11.7 Å². The summed E-state index contributed by atoms with van der Waals surface area (Å²) in [4.78, 5) is 2.37. The van der Waals surface area contributed by atoms with Gasteiger partial charge in [-0.1, -0.05) is 44.0 Å². The fourth-order valence-corrected chi connectivity index (χ4v) is 2.46. The molecule has 2 nitrogen and oxygen atoms in total. The molecule has 0 fully saturated rings. The predicted octanol–water partition coefficient (Wildman–Crippen LogP) is 3.71. The van der Waals surface area contributed by atoms with E-state index in [-0.39, 0.29) is 0 Å². The van der Waals surface area contributed by atoms with E-state index in [0.717, 1.165) is 11.4 Å². The van der Waals surface area contributed by atoms with Crippen molar-refractivity contribution in [2.45, 2.75) is 39.3 Å². The quantitative estimate of drug-likeness (QED) is 0.852. The summed E-state index contributed by atoms with van der Waals surface area (Å²) in [5.41, 5.74) is 7.21. The van der Waals surface area contributed by atoms with Gasteiger partial charge in [0.25, 0.3) is 0 Å². The summed E-state index contributed by atoms with van der Waals surface area (Å²) in [5, 5.41) is 0.783. The first-order chi connectivity index (χ1) is 8.51. The van der Waals surface area contributed by atoms with Crippen molar-refractivity contribution >= 4 is 11.6 Å². The van der Waals surface area contributed by atoms with Crippen LogP contribution in [-0.4, -0.2) is 24.5 Å². The zero-order valence-electron chi connectivity index (χ0n) is 11.9. The van der Waals surface area contributed by atoms with Gasteiger partial charge in [0, 0.05) is 23.7 Å². The molecule has 0 amide bonds. The van der Waals surface area contributed by atoms with Crippen LogP contribution >= 0.6 is 11.6 Å². The molecule has 0 spiro atoms. The zero-order chi connectivity index (χ0) is 13.7. The Kier molecular flexibility index (Phi) is 6.13. The second-order valence-corrected chi connectivity index (χ2v) is 5.52. The second-order valence-electron chi connectivity index (χ2n) is 5.08. The standard InChI is InChI=1S/C15H25ClN2/c1-5-11(2)15(10-17)18(4)12(3)13-6-8-14(16)9-7-13/h6-9,11-12,15H,5,10,17H2,1-4H3. The second kappa shape index (κ2) is 7.13. The van der Waals surface area contributed by atoms with Gasteiger partial charge in [0.05, 0.1) is 0 Å². The number of likely N-dealkylation sites (N-methyl/N-ethyl adjacent to an activating group) is 1. The van der Waals surface area contributed by atoms with Crippen LogP contribution in [-0.2, 0) is 0 Å². The average molecular weight is 269 g/mol. The maximum absolute atomic E-state index is 5.93. The Morgan fingerprint density at radius 1 is 1.22 bits per heavy atom. The molecule has 0 saturated carbocycles. The lowest BCUT2D eigenvalue weighted by Gasteiger charge is -2.36. The highest BCUT2D eigenvalue weighted by Gasteiger charge is 2.23. The molecule has 0 aliphatic heterocycles. The van der Waals surface area contributed by atoms with Crippen molar-refractivity contribution in [3.63, 3.8) is 0 Å². The van der Waals surface area contributed by atoms with Gasteiger partial charge in [-0.15, -0.1) is 0 Å². The van der Waals surface area contributed by atoms with Gasteiger partial charge in [0.1, 0.15) is 0 Å². The van der Waals surface area contributed by atoms with Crippen LogP contribution in [0.5, 0.6) is 0 Å². The maximum Gasteiger partial charge on any atom is 0.0406 e. The third kappa shape index (κ3) is 3.71. The van der Waals surface area contributed by atoms with Crippen molar-refractivity contribution in [3.8, 4) is 0 Å². The van der Waals surface area contributed by atoms with E-state index in [1.54, 1.807) is 0 Å². The minimum absolute atomic E-state index is 0.352. The van der Waals surface area contributed by atoms with Crippen molar-refractivity contribution in [1.82, 2.24) is 4.90 Å². The van der Waals surface area contributed by atoms with Crippen LogP contribution in [0, 0.1) is 5.92 Å². The van der Waals surface area contributed by atoms with Gasteiger partial charge in [-0.25, -0.2) is 0 Å². The third-order valence-electron chi connectivity index (χ3n) is 4.03. The molecule has 0 heterocycles. The van der Waals surface area contributed by atoms with E-state index in [0.29, 0.717) is 24.5 Å². The molecular weight excluding hydrogens is 244 g/mol. The predicted molar refractivity (Wildman–Crippen MR) is 79.9 cm³/mol. The average Bonchev–Trinajstić information content (AvgIpc) is 2.39. The highest BCUT2D eigenvalue weighted by atomic mass is 35.5. The van der Waals surface area contributed by atoms with Crippen molar-refractivity contribution < 1.29 is 0 Å². The Bertz CT molecular complexity index is 350. The van der Waals surface area contributed by atoms with Gasteiger partial charge < -0.3 is 5.73 Å². The van der Waals surface area contributed by atoms with E-state index in [2.05, 4.69) is 44.9 Å². The zero-order valence-corrected chi connectivity index (χ0v) is 12.6. The Morgan fingerprint density at radius 2 is 1.78 bits per heavy atom. The molecule has 0 radical (unpaired) electrons. The lowest BCUT2D eigenvalue weighted by molar-refractivity contribution is 0.141. The molecule has 0 aliphatic carbocycles. The molecule has 3 heteroatoms. The monoisotopic (exact) mass is 268 g/mol. The Hall–Kier alpha value is -0.570. The summed E-state index contributed by atoms with van der Waals surface area (Å²) in [7, 11) is 2.16. The summed E-state index contributed by atoms with van der Waals surface area (Å²) >= 11 is 5.93. The van der Waals surface area contributed by atoms with Gasteiger partial charge in [-0.05, 0) is 37.6 Å². The SMILES string of the molecule is CCC(C)C(CN)N(C)C(C)c1ccc(Cl)cc1. The first-order valence-electron chi connectivity index (χ1n) is 6.68. The molecule has 0 saturated heterocycles.